The van der Waals surface area contributed by atoms with Crippen molar-refractivity contribution in [2.75, 3.05) is 6.54 Å². The Hall–Kier alpha value is -2.37. The highest BCUT2D eigenvalue weighted by atomic mass is 16.4. The van der Waals surface area contributed by atoms with Crippen molar-refractivity contribution in [1.29, 1.82) is 0 Å². The molecule has 6 nitrogen and oxygen atoms in total. The number of carboxylic acids is 1. The number of nitrogens with zero attached hydrogens (tertiary/aromatic N) is 3. The number of carboxylic acid groups (broad SMARTS) is 1. The number of likely N-dealkylation sites (tertiary alicyclic amines) is 1. The summed E-state index contributed by atoms with van der Waals surface area (Å²) in [5, 5.41) is 9.21. The maximum absolute atomic E-state index is 12.5. The molecule has 0 saturated carbocycles. The molecule has 0 aliphatic carbocycles. The van der Waals surface area contributed by atoms with Gasteiger partial charge >= 0.3 is 5.97 Å². The van der Waals surface area contributed by atoms with Crippen molar-refractivity contribution in [2.24, 2.45) is 0 Å². The summed E-state index contributed by atoms with van der Waals surface area (Å²) in [6, 6.07) is 3.22. The first-order valence-electron chi connectivity index (χ1n) is 7.44. The number of amides is 1. The summed E-state index contributed by atoms with van der Waals surface area (Å²) in [6.45, 7) is 4.38. The molecule has 0 bridgehead atoms. The lowest BCUT2D eigenvalue weighted by atomic mass is 10.2. The summed E-state index contributed by atoms with van der Waals surface area (Å²) in [5.41, 5.74) is 3.54. The number of pyridine rings is 1. The van der Waals surface area contributed by atoms with Crippen LogP contribution in [0.3, 0.4) is 0 Å². The fraction of sp³-hybridized carbons (Fsp3) is 0.438. The van der Waals surface area contributed by atoms with Gasteiger partial charge in [-0.1, -0.05) is 6.07 Å². The number of aromatic nitrogens is 2. The van der Waals surface area contributed by atoms with Gasteiger partial charge in [-0.05, 0) is 38.3 Å². The molecule has 1 N–H and O–H groups in total. The minimum atomic E-state index is -0.920. The Morgan fingerprint density at radius 2 is 2.18 bits per heavy atom. The summed E-state index contributed by atoms with van der Waals surface area (Å²) >= 11 is 0. The molecule has 1 unspecified atom stereocenters. The summed E-state index contributed by atoms with van der Waals surface area (Å²) in [5.74, 6) is -1.06. The van der Waals surface area contributed by atoms with Crippen LogP contribution in [0.15, 0.2) is 18.3 Å². The molecule has 1 fully saturated rings. The highest BCUT2D eigenvalue weighted by Gasteiger charge is 2.34. The molecule has 6 heteroatoms. The van der Waals surface area contributed by atoms with Crippen LogP contribution < -0.4 is 0 Å². The lowest BCUT2D eigenvalue weighted by molar-refractivity contribution is -0.148. The van der Waals surface area contributed by atoms with E-state index in [4.69, 9.17) is 0 Å². The van der Waals surface area contributed by atoms with Crippen molar-refractivity contribution in [1.82, 2.24) is 14.3 Å². The topological polar surface area (TPSA) is 74.9 Å². The number of aliphatic carboxylic acids is 1. The number of hydrogen-bond donors (Lipinski definition) is 1. The van der Waals surface area contributed by atoms with Crippen molar-refractivity contribution in [2.45, 2.75) is 39.2 Å². The van der Waals surface area contributed by atoms with Crippen molar-refractivity contribution in [3.8, 4) is 0 Å². The van der Waals surface area contributed by atoms with Gasteiger partial charge in [-0.2, -0.15) is 0 Å². The number of fused-ring (bicyclic) bond motifs is 1. The monoisotopic (exact) mass is 301 g/mol. The number of imidazole rings is 1. The Labute approximate surface area is 128 Å². The number of carbonyl (C=O) groups is 2. The zero-order valence-corrected chi connectivity index (χ0v) is 12.7. The van der Waals surface area contributed by atoms with E-state index in [-0.39, 0.29) is 12.3 Å². The van der Waals surface area contributed by atoms with Gasteiger partial charge in [0, 0.05) is 12.7 Å². The van der Waals surface area contributed by atoms with Crippen molar-refractivity contribution < 1.29 is 14.7 Å². The number of carbonyl (C=O) groups excluding carboxylic acids is 1. The molecule has 22 heavy (non-hydrogen) atoms. The molecule has 0 radical (unpaired) electrons. The number of rotatable bonds is 3. The summed E-state index contributed by atoms with van der Waals surface area (Å²) < 4.78 is 1.93. The zero-order chi connectivity index (χ0) is 15.9. The van der Waals surface area contributed by atoms with E-state index in [2.05, 4.69) is 4.98 Å². The summed E-state index contributed by atoms with van der Waals surface area (Å²) in [7, 11) is 0. The number of aryl methyl sites for hydroxylation is 2. The van der Waals surface area contributed by atoms with Crippen LogP contribution in [0.5, 0.6) is 0 Å². The van der Waals surface area contributed by atoms with Gasteiger partial charge in [-0.15, -0.1) is 0 Å². The van der Waals surface area contributed by atoms with Crippen LogP contribution in [0.1, 0.15) is 29.8 Å². The van der Waals surface area contributed by atoms with Crippen molar-refractivity contribution in [3.05, 3.63) is 35.3 Å². The van der Waals surface area contributed by atoms with Crippen LogP contribution >= 0.6 is 0 Å². The molecule has 0 aromatic carbocycles. The quantitative estimate of drug-likeness (QED) is 0.933. The molecule has 0 spiro atoms. The van der Waals surface area contributed by atoms with Crippen LogP contribution in [0.2, 0.25) is 0 Å². The molecule has 1 aliphatic rings. The lowest BCUT2D eigenvalue weighted by Crippen LogP contribution is -2.41. The molecule has 1 aliphatic heterocycles. The molecule has 1 amide bonds. The zero-order valence-electron chi connectivity index (χ0n) is 12.7. The van der Waals surface area contributed by atoms with E-state index in [9.17, 15) is 14.7 Å². The van der Waals surface area contributed by atoms with Crippen LogP contribution in [0.25, 0.3) is 5.65 Å². The van der Waals surface area contributed by atoms with E-state index in [1.54, 1.807) is 0 Å². The van der Waals surface area contributed by atoms with E-state index >= 15 is 0 Å². The number of hydrogen-bond acceptors (Lipinski definition) is 3. The predicted molar refractivity (Wildman–Crippen MR) is 80.7 cm³/mol. The Kier molecular flexibility index (Phi) is 3.60. The average molecular weight is 301 g/mol. The van der Waals surface area contributed by atoms with Gasteiger partial charge in [-0.3, -0.25) is 4.79 Å². The molecule has 116 valence electrons. The van der Waals surface area contributed by atoms with Gasteiger partial charge < -0.3 is 14.4 Å². The van der Waals surface area contributed by atoms with Crippen molar-refractivity contribution in [3.63, 3.8) is 0 Å². The minimum absolute atomic E-state index is 0.142. The first kappa shape index (κ1) is 14.6. The average Bonchev–Trinajstić information content (AvgIpc) is 3.06. The van der Waals surface area contributed by atoms with Crippen molar-refractivity contribution >= 4 is 17.5 Å². The van der Waals surface area contributed by atoms with E-state index in [1.807, 2.05) is 36.6 Å². The molecule has 2 aromatic heterocycles. The molecule has 3 rings (SSSR count). The van der Waals surface area contributed by atoms with Gasteiger partial charge in [-0.25, -0.2) is 9.78 Å². The van der Waals surface area contributed by atoms with Gasteiger partial charge in [0.15, 0.2) is 0 Å². The summed E-state index contributed by atoms with van der Waals surface area (Å²) in [4.78, 5) is 29.8. The molecular formula is C16H19N3O3. The second-order valence-corrected chi connectivity index (χ2v) is 5.79. The smallest absolute Gasteiger partial charge is 0.326 e. The minimum Gasteiger partial charge on any atom is -0.480 e. The predicted octanol–water partition coefficient (Wildman–Crippen LogP) is 1.57. The van der Waals surface area contributed by atoms with Crippen LogP contribution in [-0.4, -0.2) is 43.9 Å². The Morgan fingerprint density at radius 1 is 1.41 bits per heavy atom. The first-order valence-corrected chi connectivity index (χ1v) is 7.44. The van der Waals surface area contributed by atoms with Gasteiger partial charge in [0.05, 0.1) is 17.8 Å². The molecule has 3 heterocycles. The Balaban J connectivity index is 1.90. The Bertz CT molecular complexity index is 750. The van der Waals surface area contributed by atoms with E-state index in [0.717, 1.165) is 29.0 Å². The largest absolute Gasteiger partial charge is 0.480 e. The third-order valence-corrected chi connectivity index (χ3v) is 4.32. The fourth-order valence-electron chi connectivity index (χ4n) is 3.15. The second-order valence-electron chi connectivity index (χ2n) is 5.79. The maximum atomic E-state index is 12.5. The molecular weight excluding hydrogens is 282 g/mol. The fourth-order valence-corrected chi connectivity index (χ4v) is 3.15. The van der Waals surface area contributed by atoms with Crippen LogP contribution in [0.4, 0.5) is 0 Å². The SMILES string of the molecule is Cc1nc2c(C)cccn2c1CC(=O)N1CCCC1C(=O)O. The highest BCUT2D eigenvalue weighted by Crippen LogP contribution is 2.21. The van der Waals surface area contributed by atoms with Crippen LogP contribution in [0, 0.1) is 13.8 Å². The highest BCUT2D eigenvalue weighted by molar-refractivity contribution is 5.85. The van der Waals surface area contributed by atoms with Gasteiger partial charge in [0.25, 0.3) is 0 Å². The standard InChI is InChI=1S/C16H19N3O3/c1-10-5-3-8-19-13(11(2)17-15(10)19)9-14(20)18-7-4-6-12(18)16(21)22/h3,5,8,12H,4,6-7,9H2,1-2H3,(H,21,22). The van der Waals surface area contributed by atoms with Gasteiger partial charge in [0.2, 0.25) is 5.91 Å². The maximum Gasteiger partial charge on any atom is 0.326 e. The normalized spacial score (nSPS) is 18.1. The Morgan fingerprint density at radius 3 is 2.91 bits per heavy atom. The van der Waals surface area contributed by atoms with E-state index in [0.29, 0.717) is 13.0 Å². The second kappa shape index (κ2) is 5.44. The molecule has 1 saturated heterocycles. The first-order chi connectivity index (χ1) is 10.5. The van der Waals surface area contributed by atoms with E-state index in [1.165, 1.54) is 4.90 Å². The summed E-state index contributed by atoms with van der Waals surface area (Å²) in [6.07, 6.45) is 3.35. The van der Waals surface area contributed by atoms with Crippen LogP contribution in [-0.2, 0) is 16.0 Å². The third-order valence-electron chi connectivity index (χ3n) is 4.32. The molecule has 2 aromatic rings. The van der Waals surface area contributed by atoms with E-state index < -0.39 is 12.0 Å². The lowest BCUT2D eigenvalue weighted by Gasteiger charge is -2.21. The van der Waals surface area contributed by atoms with Gasteiger partial charge in [0.1, 0.15) is 11.7 Å². The molecule has 1 atom stereocenters. The third kappa shape index (κ3) is 2.34.